The van der Waals surface area contributed by atoms with Crippen LogP contribution in [-0.4, -0.2) is 61.5 Å². The molecule has 0 atom stereocenters. The smallest absolute Gasteiger partial charge is 0.246 e. The van der Waals surface area contributed by atoms with Crippen LogP contribution in [0.5, 0.6) is 0 Å². The van der Waals surface area contributed by atoms with Gasteiger partial charge in [0.25, 0.3) is 0 Å². The summed E-state index contributed by atoms with van der Waals surface area (Å²) in [7, 11) is 3.98. The van der Waals surface area contributed by atoms with Crippen LogP contribution < -0.4 is 4.90 Å². The van der Waals surface area contributed by atoms with Gasteiger partial charge in [-0.25, -0.2) is 0 Å². The molecule has 0 aromatic heterocycles. The van der Waals surface area contributed by atoms with Crippen molar-refractivity contribution in [1.29, 1.82) is 0 Å². The molecular weight excluding hydrogens is 310 g/mol. The molecule has 0 N–H and O–H groups in total. The maximum atomic E-state index is 12.5. The molecule has 1 aromatic rings. The fourth-order valence-corrected chi connectivity index (χ4v) is 3.02. The van der Waals surface area contributed by atoms with Gasteiger partial charge in [0.05, 0.1) is 5.54 Å². The summed E-state index contributed by atoms with van der Waals surface area (Å²) in [4.78, 5) is 18.8. The van der Waals surface area contributed by atoms with E-state index in [-0.39, 0.29) is 11.4 Å². The molecule has 23 heavy (non-hydrogen) atoms. The molecule has 1 heterocycles. The van der Waals surface area contributed by atoms with Crippen molar-refractivity contribution in [2.24, 2.45) is 0 Å². The van der Waals surface area contributed by atoms with Crippen molar-refractivity contribution in [1.82, 2.24) is 9.80 Å². The Balaban J connectivity index is 2.03. The maximum absolute atomic E-state index is 12.5. The zero-order valence-corrected chi connectivity index (χ0v) is 15.2. The number of benzene rings is 1. The molecule has 1 fully saturated rings. The average Bonchev–Trinajstić information content (AvgIpc) is 2.46. The van der Waals surface area contributed by atoms with Gasteiger partial charge in [-0.3, -0.25) is 4.79 Å². The molecule has 1 aromatic carbocycles. The van der Waals surface area contributed by atoms with Gasteiger partial charge >= 0.3 is 0 Å². The fraction of sp³-hybridized carbons (Fsp3) is 0.500. The molecule has 1 saturated heterocycles. The predicted octanol–water partition coefficient (Wildman–Crippen LogP) is 2.89. The van der Waals surface area contributed by atoms with E-state index in [2.05, 4.69) is 18.7 Å². The molecule has 1 amide bonds. The largest absolute Gasteiger partial charge is 0.367 e. The Morgan fingerprint density at radius 1 is 1.26 bits per heavy atom. The number of hydrogen-bond donors (Lipinski definition) is 0. The van der Waals surface area contributed by atoms with Crippen LogP contribution in [0.25, 0.3) is 0 Å². The summed E-state index contributed by atoms with van der Waals surface area (Å²) < 4.78 is 0. The lowest BCUT2D eigenvalue weighted by atomic mass is 9.98. The van der Waals surface area contributed by atoms with E-state index >= 15 is 0 Å². The minimum absolute atomic E-state index is 0.0904. The molecule has 4 nitrogen and oxygen atoms in total. The van der Waals surface area contributed by atoms with Crippen LogP contribution in [0.3, 0.4) is 0 Å². The van der Waals surface area contributed by atoms with Crippen molar-refractivity contribution in [2.75, 3.05) is 45.2 Å². The molecule has 0 spiro atoms. The Kier molecular flexibility index (Phi) is 5.71. The molecule has 5 heteroatoms. The number of likely N-dealkylation sites (N-methyl/N-ethyl adjacent to an activating group) is 1. The van der Waals surface area contributed by atoms with E-state index in [0.717, 1.165) is 36.9 Å². The van der Waals surface area contributed by atoms with Crippen LogP contribution in [-0.2, 0) is 4.79 Å². The van der Waals surface area contributed by atoms with Crippen molar-refractivity contribution < 1.29 is 4.79 Å². The molecule has 0 aliphatic carbocycles. The minimum atomic E-state index is -0.211. The van der Waals surface area contributed by atoms with E-state index in [4.69, 9.17) is 11.6 Å². The van der Waals surface area contributed by atoms with E-state index < -0.39 is 0 Å². The molecule has 0 saturated carbocycles. The molecular formula is C18H26ClN3O. The number of piperazine rings is 1. The lowest BCUT2D eigenvalue weighted by Crippen LogP contribution is -2.61. The van der Waals surface area contributed by atoms with Gasteiger partial charge < -0.3 is 14.7 Å². The number of nitrogens with zero attached hydrogens (tertiary/aromatic N) is 3. The monoisotopic (exact) mass is 335 g/mol. The van der Waals surface area contributed by atoms with E-state index in [1.165, 1.54) is 0 Å². The summed E-state index contributed by atoms with van der Waals surface area (Å²) in [5, 5.41) is 0.743. The highest BCUT2D eigenvalue weighted by Crippen LogP contribution is 2.26. The first-order valence-electron chi connectivity index (χ1n) is 7.93. The van der Waals surface area contributed by atoms with Crippen LogP contribution in [0.4, 0.5) is 5.69 Å². The highest BCUT2D eigenvalue weighted by molar-refractivity contribution is 6.30. The van der Waals surface area contributed by atoms with Gasteiger partial charge in [0, 0.05) is 43.0 Å². The van der Waals surface area contributed by atoms with Crippen LogP contribution in [0.15, 0.2) is 36.4 Å². The molecule has 0 bridgehead atoms. The Hall–Kier alpha value is -1.52. The van der Waals surface area contributed by atoms with Gasteiger partial charge in [0.15, 0.2) is 0 Å². The number of carbonyl (C=O) groups is 1. The van der Waals surface area contributed by atoms with Gasteiger partial charge in [-0.1, -0.05) is 17.7 Å². The van der Waals surface area contributed by atoms with Crippen molar-refractivity contribution in [3.63, 3.8) is 0 Å². The second-order valence-electron chi connectivity index (χ2n) is 6.86. The number of carbonyl (C=O) groups excluding carboxylic acids is 1. The third-order valence-corrected chi connectivity index (χ3v) is 4.34. The third kappa shape index (κ3) is 4.72. The fourth-order valence-electron chi connectivity index (χ4n) is 2.89. The molecule has 0 unspecified atom stereocenters. The van der Waals surface area contributed by atoms with Crippen LogP contribution in [0.1, 0.15) is 13.8 Å². The summed E-state index contributed by atoms with van der Waals surface area (Å²) in [6.07, 6.45) is 3.61. The Bertz CT molecular complexity index is 566. The summed E-state index contributed by atoms with van der Waals surface area (Å²) in [6.45, 7) is 7.37. The Morgan fingerprint density at radius 2 is 1.91 bits per heavy atom. The van der Waals surface area contributed by atoms with Crippen molar-refractivity contribution in [3.8, 4) is 0 Å². The molecule has 2 rings (SSSR count). The van der Waals surface area contributed by atoms with Crippen molar-refractivity contribution in [3.05, 3.63) is 41.4 Å². The number of rotatable bonds is 4. The normalized spacial score (nSPS) is 18.0. The number of amides is 1. The summed E-state index contributed by atoms with van der Waals surface area (Å²) in [5.41, 5.74) is 0.940. The third-order valence-electron chi connectivity index (χ3n) is 4.09. The van der Waals surface area contributed by atoms with E-state index in [9.17, 15) is 4.79 Å². The minimum Gasteiger partial charge on any atom is -0.367 e. The molecule has 1 aliphatic rings. The van der Waals surface area contributed by atoms with E-state index in [1.54, 1.807) is 6.08 Å². The quantitative estimate of drug-likeness (QED) is 0.792. The number of halogens is 1. The first-order chi connectivity index (χ1) is 10.8. The van der Waals surface area contributed by atoms with E-state index in [0.29, 0.717) is 0 Å². The van der Waals surface area contributed by atoms with Crippen LogP contribution in [0.2, 0.25) is 5.02 Å². The van der Waals surface area contributed by atoms with Gasteiger partial charge in [-0.2, -0.15) is 0 Å². The van der Waals surface area contributed by atoms with Crippen molar-refractivity contribution in [2.45, 2.75) is 19.4 Å². The van der Waals surface area contributed by atoms with Gasteiger partial charge in [0.2, 0.25) is 5.91 Å². The summed E-state index contributed by atoms with van der Waals surface area (Å²) in [6, 6.07) is 7.89. The van der Waals surface area contributed by atoms with Crippen LogP contribution in [0, 0.1) is 0 Å². The highest BCUT2D eigenvalue weighted by Gasteiger charge is 2.35. The van der Waals surface area contributed by atoms with Crippen LogP contribution >= 0.6 is 11.6 Å². The Morgan fingerprint density at radius 3 is 2.48 bits per heavy atom. The zero-order valence-electron chi connectivity index (χ0n) is 14.4. The highest BCUT2D eigenvalue weighted by atomic mass is 35.5. The first-order valence-corrected chi connectivity index (χ1v) is 8.31. The van der Waals surface area contributed by atoms with E-state index in [1.807, 2.05) is 54.2 Å². The molecule has 126 valence electrons. The van der Waals surface area contributed by atoms with Gasteiger partial charge in [-0.15, -0.1) is 0 Å². The standard InChI is InChI=1S/C18H26ClN3O/c1-18(2)14-21(16-9-7-15(19)8-10-16)12-13-22(18)17(23)6-5-11-20(3)4/h5-10H,11-14H2,1-4H3/b6-5+. The lowest BCUT2D eigenvalue weighted by molar-refractivity contribution is -0.131. The lowest BCUT2D eigenvalue weighted by Gasteiger charge is -2.47. The SMILES string of the molecule is CN(C)C/C=C/C(=O)N1CCN(c2ccc(Cl)cc2)CC1(C)C. The summed E-state index contributed by atoms with van der Waals surface area (Å²) >= 11 is 5.96. The second kappa shape index (κ2) is 7.37. The first kappa shape index (κ1) is 17.8. The second-order valence-corrected chi connectivity index (χ2v) is 7.30. The molecule has 0 radical (unpaired) electrons. The van der Waals surface area contributed by atoms with Crippen molar-refractivity contribution >= 4 is 23.2 Å². The maximum Gasteiger partial charge on any atom is 0.246 e. The summed E-state index contributed by atoms with van der Waals surface area (Å²) in [5.74, 6) is 0.0904. The Labute approximate surface area is 144 Å². The topological polar surface area (TPSA) is 26.8 Å². The molecule has 1 aliphatic heterocycles. The number of hydrogen-bond acceptors (Lipinski definition) is 3. The zero-order chi connectivity index (χ0) is 17.0. The predicted molar refractivity (Wildman–Crippen MR) is 97.2 cm³/mol. The van der Waals surface area contributed by atoms with Gasteiger partial charge in [0.1, 0.15) is 0 Å². The van der Waals surface area contributed by atoms with Gasteiger partial charge in [-0.05, 0) is 52.2 Å². The average molecular weight is 336 g/mol. The number of anilines is 1.